The second kappa shape index (κ2) is 6.21. The maximum absolute atomic E-state index is 11.4. The number of carbonyl (C=O) groups excluding carboxylic acids is 1. The molecule has 0 saturated heterocycles. The number of ether oxygens (including phenoxy) is 1. The molecule has 5 nitrogen and oxygen atoms in total. The lowest BCUT2D eigenvalue weighted by Gasteiger charge is -2.12. The summed E-state index contributed by atoms with van der Waals surface area (Å²) in [6, 6.07) is 6.44. The Bertz CT molecular complexity index is 528. The van der Waals surface area contributed by atoms with Crippen LogP contribution in [-0.2, 0) is 19.6 Å². The van der Waals surface area contributed by atoms with Gasteiger partial charge in [0.25, 0.3) is 0 Å². The van der Waals surface area contributed by atoms with Crippen LogP contribution < -0.4 is 5.14 Å². The van der Waals surface area contributed by atoms with Crippen LogP contribution in [-0.4, -0.2) is 26.7 Å². The van der Waals surface area contributed by atoms with Gasteiger partial charge in [0.1, 0.15) is 0 Å². The summed E-state index contributed by atoms with van der Waals surface area (Å²) in [7, 11) is -2.43. The molecule has 0 aromatic heterocycles. The highest BCUT2D eigenvalue weighted by molar-refractivity contribution is 8.00. The number of benzene rings is 1. The van der Waals surface area contributed by atoms with Gasteiger partial charge in [-0.2, -0.15) is 0 Å². The average molecular weight is 289 g/mol. The lowest BCUT2D eigenvalue weighted by molar-refractivity contribution is -0.140. The van der Waals surface area contributed by atoms with Gasteiger partial charge in [0.2, 0.25) is 10.0 Å². The fourth-order valence-corrected chi connectivity index (χ4v) is 3.46. The number of rotatable bonds is 5. The van der Waals surface area contributed by atoms with Crippen molar-refractivity contribution in [2.45, 2.75) is 28.4 Å². The molecule has 0 fully saturated rings. The number of hydrogen-bond donors (Lipinski definition) is 1. The lowest BCUT2D eigenvalue weighted by atomic mass is 10.3. The van der Waals surface area contributed by atoms with Gasteiger partial charge in [-0.3, -0.25) is 4.79 Å². The third-order valence-corrected chi connectivity index (χ3v) is 4.44. The van der Waals surface area contributed by atoms with Crippen LogP contribution in [0.5, 0.6) is 0 Å². The third kappa shape index (κ3) is 4.32. The SMILES string of the molecule is COC(=O)CC(C)Sc1ccccc1S(N)(=O)=O. The Morgan fingerprint density at radius 3 is 2.61 bits per heavy atom. The van der Waals surface area contributed by atoms with E-state index in [9.17, 15) is 13.2 Å². The Kier molecular flexibility index (Phi) is 5.18. The van der Waals surface area contributed by atoms with Crippen molar-refractivity contribution in [2.75, 3.05) is 7.11 Å². The van der Waals surface area contributed by atoms with Crippen molar-refractivity contribution >= 4 is 27.8 Å². The fraction of sp³-hybridized carbons (Fsp3) is 0.364. The minimum atomic E-state index is -3.75. The molecule has 0 bridgehead atoms. The van der Waals surface area contributed by atoms with Gasteiger partial charge in [0, 0.05) is 10.1 Å². The first kappa shape index (κ1) is 15.0. The highest BCUT2D eigenvalue weighted by atomic mass is 32.2. The molecule has 1 rings (SSSR count). The second-order valence-corrected chi connectivity index (χ2v) is 6.71. The molecule has 0 radical (unpaired) electrons. The number of esters is 1. The van der Waals surface area contributed by atoms with E-state index in [0.29, 0.717) is 4.90 Å². The largest absolute Gasteiger partial charge is 0.469 e. The van der Waals surface area contributed by atoms with Gasteiger partial charge in [0.05, 0.1) is 18.4 Å². The molecule has 1 atom stereocenters. The number of carbonyl (C=O) groups is 1. The van der Waals surface area contributed by atoms with Crippen LogP contribution >= 0.6 is 11.8 Å². The zero-order chi connectivity index (χ0) is 13.8. The quantitative estimate of drug-likeness (QED) is 0.653. The van der Waals surface area contributed by atoms with E-state index in [1.807, 2.05) is 6.92 Å². The fourth-order valence-electron chi connectivity index (χ4n) is 1.36. The smallest absolute Gasteiger partial charge is 0.306 e. The number of hydrogen-bond acceptors (Lipinski definition) is 5. The minimum Gasteiger partial charge on any atom is -0.469 e. The number of methoxy groups -OCH3 is 1. The van der Waals surface area contributed by atoms with Gasteiger partial charge in [-0.25, -0.2) is 13.6 Å². The molecule has 0 aliphatic heterocycles. The topological polar surface area (TPSA) is 86.5 Å². The van der Waals surface area contributed by atoms with Crippen molar-refractivity contribution in [2.24, 2.45) is 5.14 Å². The highest BCUT2D eigenvalue weighted by Crippen LogP contribution is 2.30. The lowest BCUT2D eigenvalue weighted by Crippen LogP contribution is -2.14. The molecular weight excluding hydrogens is 274 g/mol. The molecule has 1 aromatic carbocycles. The van der Waals surface area contributed by atoms with Gasteiger partial charge in [-0.1, -0.05) is 19.1 Å². The first-order chi connectivity index (χ1) is 8.34. The van der Waals surface area contributed by atoms with E-state index in [0.717, 1.165) is 0 Å². The normalized spacial score (nSPS) is 13.1. The molecule has 0 amide bonds. The molecule has 2 N–H and O–H groups in total. The number of primary sulfonamides is 1. The summed E-state index contributed by atoms with van der Waals surface area (Å²) in [6.45, 7) is 1.82. The average Bonchev–Trinajstić information content (AvgIpc) is 2.27. The number of sulfonamides is 1. The summed E-state index contributed by atoms with van der Waals surface area (Å²) >= 11 is 1.28. The first-order valence-electron chi connectivity index (χ1n) is 5.20. The molecule has 1 aromatic rings. The van der Waals surface area contributed by atoms with Gasteiger partial charge < -0.3 is 4.74 Å². The van der Waals surface area contributed by atoms with Crippen molar-refractivity contribution < 1.29 is 17.9 Å². The van der Waals surface area contributed by atoms with Crippen LogP contribution in [0.3, 0.4) is 0 Å². The first-order valence-corrected chi connectivity index (χ1v) is 7.62. The van der Waals surface area contributed by atoms with Crippen molar-refractivity contribution in [1.29, 1.82) is 0 Å². The van der Waals surface area contributed by atoms with Gasteiger partial charge in [-0.05, 0) is 12.1 Å². The van der Waals surface area contributed by atoms with Crippen LogP contribution in [0.15, 0.2) is 34.1 Å². The molecule has 0 aliphatic rings. The maximum atomic E-state index is 11.4. The van der Waals surface area contributed by atoms with E-state index >= 15 is 0 Å². The van der Waals surface area contributed by atoms with Crippen LogP contribution in [0.25, 0.3) is 0 Å². The van der Waals surface area contributed by atoms with Gasteiger partial charge in [-0.15, -0.1) is 11.8 Å². The Labute approximate surface area is 111 Å². The van der Waals surface area contributed by atoms with Crippen molar-refractivity contribution in [3.63, 3.8) is 0 Å². The van der Waals surface area contributed by atoms with Crippen molar-refractivity contribution in [3.8, 4) is 0 Å². The molecule has 0 saturated carbocycles. The monoisotopic (exact) mass is 289 g/mol. The molecule has 18 heavy (non-hydrogen) atoms. The second-order valence-electron chi connectivity index (χ2n) is 3.70. The molecular formula is C11H15NO4S2. The van der Waals surface area contributed by atoms with E-state index < -0.39 is 10.0 Å². The molecule has 0 heterocycles. The van der Waals surface area contributed by atoms with Crippen LogP contribution in [0, 0.1) is 0 Å². The van der Waals surface area contributed by atoms with E-state index in [1.165, 1.54) is 24.9 Å². The summed E-state index contributed by atoms with van der Waals surface area (Å²) in [5.41, 5.74) is 0. The maximum Gasteiger partial charge on any atom is 0.306 e. The number of nitrogens with two attached hydrogens (primary N) is 1. The van der Waals surface area contributed by atoms with Crippen LogP contribution in [0.1, 0.15) is 13.3 Å². The number of thioether (sulfide) groups is 1. The molecule has 100 valence electrons. The van der Waals surface area contributed by atoms with Crippen LogP contribution in [0.4, 0.5) is 0 Å². The van der Waals surface area contributed by atoms with Crippen LogP contribution in [0.2, 0.25) is 0 Å². The van der Waals surface area contributed by atoms with E-state index in [4.69, 9.17) is 5.14 Å². The summed E-state index contributed by atoms with van der Waals surface area (Å²) in [5, 5.41) is 5.03. The summed E-state index contributed by atoms with van der Waals surface area (Å²) in [6.07, 6.45) is 0.208. The predicted molar refractivity (Wildman–Crippen MR) is 69.8 cm³/mol. The predicted octanol–water partition coefficient (Wildman–Crippen LogP) is 1.38. The Hall–Kier alpha value is -1.05. The Morgan fingerprint density at radius 1 is 1.44 bits per heavy atom. The van der Waals surface area contributed by atoms with Gasteiger partial charge >= 0.3 is 5.97 Å². The Morgan fingerprint density at radius 2 is 2.06 bits per heavy atom. The van der Waals surface area contributed by atoms with Gasteiger partial charge in [0.15, 0.2) is 0 Å². The highest BCUT2D eigenvalue weighted by Gasteiger charge is 2.17. The standard InChI is InChI=1S/C11H15NO4S2/c1-8(7-11(13)16-2)17-9-5-3-4-6-10(9)18(12,14)15/h3-6,8H,7H2,1-2H3,(H2,12,14,15). The van der Waals surface area contributed by atoms with E-state index in [-0.39, 0.29) is 22.5 Å². The zero-order valence-electron chi connectivity index (χ0n) is 10.1. The van der Waals surface area contributed by atoms with Crippen molar-refractivity contribution in [3.05, 3.63) is 24.3 Å². The zero-order valence-corrected chi connectivity index (χ0v) is 11.8. The van der Waals surface area contributed by atoms with Crippen molar-refractivity contribution in [1.82, 2.24) is 0 Å². The molecule has 0 aliphatic carbocycles. The van der Waals surface area contributed by atoms with E-state index in [2.05, 4.69) is 4.74 Å². The summed E-state index contributed by atoms with van der Waals surface area (Å²) < 4.78 is 27.3. The molecule has 0 spiro atoms. The minimum absolute atomic E-state index is 0.0757. The van der Waals surface area contributed by atoms with E-state index in [1.54, 1.807) is 18.2 Å². The molecule has 7 heteroatoms. The Balaban J connectivity index is 2.88. The summed E-state index contributed by atoms with van der Waals surface area (Å²) in [4.78, 5) is 11.7. The summed E-state index contributed by atoms with van der Waals surface area (Å²) in [5.74, 6) is -0.330. The molecule has 1 unspecified atom stereocenters. The third-order valence-electron chi connectivity index (χ3n) is 2.17.